The smallest absolute Gasteiger partial charge is 0.257 e. The van der Waals surface area contributed by atoms with E-state index in [1.165, 1.54) is 5.56 Å². The lowest BCUT2D eigenvalue weighted by Crippen LogP contribution is -2.49. The highest BCUT2D eigenvalue weighted by molar-refractivity contribution is 5.95. The molecule has 1 saturated heterocycles. The van der Waals surface area contributed by atoms with Crippen LogP contribution >= 0.6 is 0 Å². The second-order valence-corrected chi connectivity index (χ2v) is 6.14. The minimum Gasteiger partial charge on any atom is -0.336 e. The number of benzene rings is 1. The van der Waals surface area contributed by atoms with Gasteiger partial charge in [-0.25, -0.2) is 0 Å². The van der Waals surface area contributed by atoms with Crippen LogP contribution in [0, 0.1) is 6.92 Å². The van der Waals surface area contributed by atoms with Crippen LogP contribution in [-0.2, 0) is 13.5 Å². The van der Waals surface area contributed by atoms with Crippen molar-refractivity contribution in [2.45, 2.75) is 13.3 Å². The van der Waals surface area contributed by atoms with Crippen LogP contribution in [0.5, 0.6) is 0 Å². The molecular weight excluding hydrogens is 288 g/mol. The van der Waals surface area contributed by atoms with E-state index in [4.69, 9.17) is 0 Å². The predicted molar refractivity (Wildman–Crippen MR) is 90.4 cm³/mol. The molecule has 2 heterocycles. The van der Waals surface area contributed by atoms with Gasteiger partial charge in [-0.3, -0.25) is 14.4 Å². The Labute approximate surface area is 137 Å². The van der Waals surface area contributed by atoms with E-state index in [9.17, 15) is 4.79 Å². The van der Waals surface area contributed by atoms with Crippen molar-refractivity contribution in [3.63, 3.8) is 0 Å². The van der Waals surface area contributed by atoms with E-state index < -0.39 is 0 Å². The van der Waals surface area contributed by atoms with Gasteiger partial charge in [-0.2, -0.15) is 5.10 Å². The number of aryl methyl sites for hydroxylation is 1. The molecule has 0 spiro atoms. The normalized spacial score (nSPS) is 15.8. The Hall–Kier alpha value is -2.14. The topological polar surface area (TPSA) is 41.4 Å². The molecule has 2 aromatic rings. The number of carbonyl (C=O) groups excluding carboxylic acids is 1. The first-order valence-electron chi connectivity index (χ1n) is 8.19. The summed E-state index contributed by atoms with van der Waals surface area (Å²) < 4.78 is 1.75. The number of amides is 1. The fourth-order valence-corrected chi connectivity index (χ4v) is 2.99. The molecular formula is C18H24N4O. The molecule has 1 aliphatic heterocycles. The lowest BCUT2D eigenvalue weighted by molar-refractivity contribution is 0.0637. The fraction of sp³-hybridized carbons (Fsp3) is 0.444. The highest BCUT2D eigenvalue weighted by Crippen LogP contribution is 2.12. The Morgan fingerprint density at radius 3 is 2.43 bits per heavy atom. The molecule has 0 atom stereocenters. The Kier molecular flexibility index (Phi) is 4.76. The zero-order valence-corrected chi connectivity index (χ0v) is 13.9. The number of hydrogen-bond acceptors (Lipinski definition) is 3. The average molecular weight is 312 g/mol. The van der Waals surface area contributed by atoms with Crippen molar-refractivity contribution in [3.05, 3.63) is 53.3 Å². The van der Waals surface area contributed by atoms with Gasteiger partial charge in [0.2, 0.25) is 0 Å². The monoisotopic (exact) mass is 312 g/mol. The SMILES string of the molecule is Cc1c(C(=O)N2CCN(CCc3ccccc3)CC2)cnn1C. The zero-order valence-electron chi connectivity index (χ0n) is 13.9. The summed E-state index contributed by atoms with van der Waals surface area (Å²) in [5.41, 5.74) is 3.03. The highest BCUT2D eigenvalue weighted by Gasteiger charge is 2.24. The van der Waals surface area contributed by atoms with Gasteiger partial charge in [0.05, 0.1) is 11.8 Å². The molecule has 122 valence electrons. The summed E-state index contributed by atoms with van der Waals surface area (Å²) in [7, 11) is 1.87. The van der Waals surface area contributed by atoms with Crippen molar-refractivity contribution in [3.8, 4) is 0 Å². The predicted octanol–water partition coefficient (Wildman–Crippen LogP) is 1.73. The van der Waals surface area contributed by atoms with Gasteiger partial charge < -0.3 is 4.90 Å². The lowest BCUT2D eigenvalue weighted by Gasteiger charge is -2.34. The molecule has 1 aromatic heterocycles. The molecule has 0 saturated carbocycles. The van der Waals surface area contributed by atoms with Crippen molar-refractivity contribution in [1.82, 2.24) is 19.6 Å². The van der Waals surface area contributed by atoms with E-state index in [1.54, 1.807) is 10.9 Å². The maximum Gasteiger partial charge on any atom is 0.257 e. The number of carbonyl (C=O) groups is 1. The molecule has 23 heavy (non-hydrogen) atoms. The molecule has 0 bridgehead atoms. The molecule has 1 amide bonds. The molecule has 1 aromatic carbocycles. The van der Waals surface area contributed by atoms with Crippen molar-refractivity contribution < 1.29 is 4.79 Å². The number of nitrogens with zero attached hydrogens (tertiary/aromatic N) is 4. The first-order chi connectivity index (χ1) is 11.1. The maximum absolute atomic E-state index is 12.6. The summed E-state index contributed by atoms with van der Waals surface area (Å²) in [6.45, 7) is 6.47. The van der Waals surface area contributed by atoms with Gasteiger partial charge in [0, 0.05) is 45.5 Å². The molecule has 0 aliphatic carbocycles. The van der Waals surface area contributed by atoms with E-state index in [2.05, 4.69) is 34.3 Å². The average Bonchev–Trinajstić information content (AvgIpc) is 2.93. The van der Waals surface area contributed by atoms with Gasteiger partial charge in [0.1, 0.15) is 0 Å². The van der Waals surface area contributed by atoms with Crippen molar-refractivity contribution in [1.29, 1.82) is 0 Å². The molecule has 5 heteroatoms. The fourth-order valence-electron chi connectivity index (χ4n) is 2.99. The summed E-state index contributed by atoms with van der Waals surface area (Å²) in [4.78, 5) is 17.0. The standard InChI is InChI=1S/C18H24N4O/c1-15-17(14-19-20(15)2)18(23)22-12-10-21(11-13-22)9-8-16-6-4-3-5-7-16/h3-7,14H,8-13H2,1-2H3. The van der Waals surface area contributed by atoms with Crippen molar-refractivity contribution in [2.75, 3.05) is 32.7 Å². The summed E-state index contributed by atoms with van der Waals surface area (Å²) in [6.07, 6.45) is 2.75. The van der Waals surface area contributed by atoms with Crippen LogP contribution in [0.4, 0.5) is 0 Å². The minimum absolute atomic E-state index is 0.110. The van der Waals surface area contributed by atoms with Gasteiger partial charge in [-0.05, 0) is 18.9 Å². The van der Waals surface area contributed by atoms with Crippen LogP contribution in [-0.4, -0.2) is 58.2 Å². The van der Waals surface area contributed by atoms with Crippen LogP contribution in [0.2, 0.25) is 0 Å². The minimum atomic E-state index is 0.110. The van der Waals surface area contributed by atoms with Crippen LogP contribution in [0.25, 0.3) is 0 Å². The summed E-state index contributed by atoms with van der Waals surface area (Å²) in [6, 6.07) is 10.6. The Morgan fingerprint density at radius 1 is 1.13 bits per heavy atom. The number of aromatic nitrogens is 2. The molecule has 1 aliphatic rings. The van der Waals surface area contributed by atoms with Crippen molar-refractivity contribution >= 4 is 5.91 Å². The summed E-state index contributed by atoms with van der Waals surface area (Å²) in [5.74, 6) is 0.110. The number of rotatable bonds is 4. The van der Waals surface area contributed by atoms with Gasteiger partial charge in [-0.15, -0.1) is 0 Å². The molecule has 3 rings (SSSR count). The summed E-state index contributed by atoms with van der Waals surface area (Å²) >= 11 is 0. The Bertz CT molecular complexity index is 657. The van der Waals surface area contributed by atoms with Gasteiger partial charge in [-0.1, -0.05) is 30.3 Å². The first kappa shape index (κ1) is 15.7. The third-order valence-electron chi connectivity index (χ3n) is 4.68. The molecule has 0 unspecified atom stereocenters. The Balaban J connectivity index is 1.50. The van der Waals surface area contributed by atoms with Crippen LogP contribution in [0.15, 0.2) is 36.5 Å². The molecule has 1 fully saturated rings. The van der Waals surface area contributed by atoms with Crippen LogP contribution < -0.4 is 0 Å². The van der Waals surface area contributed by atoms with Crippen LogP contribution in [0.1, 0.15) is 21.6 Å². The molecule has 0 N–H and O–H groups in total. The van der Waals surface area contributed by atoms with Gasteiger partial charge in [0.25, 0.3) is 5.91 Å². The second kappa shape index (κ2) is 6.96. The van der Waals surface area contributed by atoms with E-state index in [0.29, 0.717) is 0 Å². The Morgan fingerprint density at radius 2 is 1.83 bits per heavy atom. The summed E-state index contributed by atoms with van der Waals surface area (Å²) in [5, 5.41) is 4.17. The molecule has 5 nitrogen and oxygen atoms in total. The highest BCUT2D eigenvalue weighted by atomic mass is 16.2. The first-order valence-corrected chi connectivity index (χ1v) is 8.19. The van der Waals surface area contributed by atoms with Gasteiger partial charge in [0.15, 0.2) is 0 Å². The van der Waals surface area contributed by atoms with Crippen molar-refractivity contribution in [2.24, 2.45) is 7.05 Å². The number of hydrogen-bond donors (Lipinski definition) is 0. The third-order valence-corrected chi connectivity index (χ3v) is 4.68. The van der Waals surface area contributed by atoms with E-state index in [1.807, 2.05) is 24.9 Å². The van der Waals surface area contributed by atoms with E-state index >= 15 is 0 Å². The maximum atomic E-state index is 12.6. The zero-order chi connectivity index (χ0) is 16.2. The lowest BCUT2D eigenvalue weighted by atomic mass is 10.1. The van der Waals surface area contributed by atoms with E-state index in [-0.39, 0.29) is 5.91 Å². The second-order valence-electron chi connectivity index (χ2n) is 6.14. The van der Waals surface area contributed by atoms with Crippen LogP contribution in [0.3, 0.4) is 0 Å². The quantitative estimate of drug-likeness (QED) is 0.863. The van der Waals surface area contributed by atoms with E-state index in [0.717, 1.165) is 50.4 Å². The molecule has 0 radical (unpaired) electrons. The number of piperazine rings is 1. The van der Waals surface area contributed by atoms with Gasteiger partial charge >= 0.3 is 0 Å². The third kappa shape index (κ3) is 3.62. The largest absolute Gasteiger partial charge is 0.336 e.